The fraction of sp³-hybridized carbons (Fsp3) is 0.571. The maximum atomic E-state index is 5.02. The average molecular weight is 338 g/mol. The Hall–Kier alpha value is -1.65. The summed E-state index contributed by atoms with van der Waals surface area (Å²) in [5.74, 6) is 0.761. The number of aromatic nitrogens is 2. The molecule has 0 radical (unpaired) electrons. The molecular weight excluding hydrogens is 308 g/mol. The van der Waals surface area contributed by atoms with Gasteiger partial charge in [0.15, 0.2) is 0 Å². The Labute approximate surface area is 151 Å². The molecule has 1 fully saturated rings. The largest absolute Gasteiger partial charge is 0.301 e. The van der Waals surface area contributed by atoms with Gasteiger partial charge in [0, 0.05) is 45.0 Å². The summed E-state index contributed by atoms with van der Waals surface area (Å²) in [6.07, 6.45) is 3.64. The van der Waals surface area contributed by atoms with Crippen molar-refractivity contribution >= 4 is 0 Å². The summed E-state index contributed by atoms with van der Waals surface area (Å²) in [6, 6.07) is 10.6. The minimum Gasteiger partial charge on any atom is -0.301 e. The first-order valence-corrected chi connectivity index (χ1v) is 9.80. The molecule has 0 spiro atoms. The summed E-state index contributed by atoms with van der Waals surface area (Å²) in [6.45, 7) is 11.6. The number of hydrogen-bond acceptors (Lipinski definition) is 3. The third-order valence-corrected chi connectivity index (χ3v) is 5.48. The average Bonchev–Trinajstić information content (AvgIpc) is 3.21. The van der Waals surface area contributed by atoms with Crippen molar-refractivity contribution in [1.29, 1.82) is 0 Å². The lowest BCUT2D eigenvalue weighted by Gasteiger charge is -2.35. The van der Waals surface area contributed by atoms with E-state index in [1.165, 1.54) is 74.6 Å². The summed E-state index contributed by atoms with van der Waals surface area (Å²) in [7, 11) is 0. The molecule has 0 N–H and O–H groups in total. The molecule has 1 aliphatic carbocycles. The van der Waals surface area contributed by atoms with E-state index in [4.69, 9.17) is 5.10 Å². The number of hydrogen-bond donors (Lipinski definition) is 0. The van der Waals surface area contributed by atoms with Crippen molar-refractivity contribution in [3.63, 3.8) is 0 Å². The van der Waals surface area contributed by atoms with Crippen LogP contribution in [0.5, 0.6) is 0 Å². The molecule has 4 nitrogen and oxygen atoms in total. The first kappa shape index (κ1) is 16.8. The van der Waals surface area contributed by atoms with Crippen LogP contribution in [0.4, 0.5) is 0 Å². The van der Waals surface area contributed by atoms with Gasteiger partial charge < -0.3 is 4.90 Å². The summed E-state index contributed by atoms with van der Waals surface area (Å²) >= 11 is 0. The van der Waals surface area contributed by atoms with Crippen LogP contribution in [0.15, 0.2) is 30.3 Å². The van der Waals surface area contributed by atoms with Gasteiger partial charge in [0.25, 0.3) is 0 Å². The van der Waals surface area contributed by atoms with Crippen molar-refractivity contribution in [3.8, 4) is 5.69 Å². The van der Waals surface area contributed by atoms with Crippen LogP contribution in [-0.2, 0) is 19.4 Å². The minimum absolute atomic E-state index is 0.761. The summed E-state index contributed by atoms with van der Waals surface area (Å²) < 4.78 is 2.20. The monoisotopic (exact) mass is 338 g/mol. The van der Waals surface area contributed by atoms with Crippen LogP contribution >= 0.6 is 0 Å². The molecule has 0 amide bonds. The zero-order valence-corrected chi connectivity index (χ0v) is 15.6. The Morgan fingerprint density at radius 1 is 0.960 bits per heavy atom. The first-order chi connectivity index (χ1) is 12.2. The van der Waals surface area contributed by atoms with Crippen LogP contribution in [0.25, 0.3) is 5.69 Å². The van der Waals surface area contributed by atoms with Crippen molar-refractivity contribution in [2.24, 2.45) is 5.92 Å². The summed E-state index contributed by atoms with van der Waals surface area (Å²) in [5, 5.41) is 5.02. The molecule has 4 heteroatoms. The van der Waals surface area contributed by atoms with E-state index in [9.17, 15) is 0 Å². The van der Waals surface area contributed by atoms with Crippen LogP contribution in [-0.4, -0.2) is 52.3 Å². The summed E-state index contributed by atoms with van der Waals surface area (Å²) in [4.78, 5) is 5.20. The molecule has 1 aromatic heterocycles. The molecule has 0 saturated carbocycles. The molecule has 134 valence electrons. The van der Waals surface area contributed by atoms with E-state index in [0.29, 0.717) is 0 Å². The predicted molar refractivity (Wildman–Crippen MR) is 102 cm³/mol. The van der Waals surface area contributed by atoms with E-state index in [1.54, 1.807) is 0 Å². The molecule has 1 aliphatic heterocycles. The van der Waals surface area contributed by atoms with Crippen LogP contribution in [0.3, 0.4) is 0 Å². The lowest BCUT2D eigenvalue weighted by Crippen LogP contribution is -2.47. The number of piperazine rings is 1. The Morgan fingerprint density at radius 2 is 1.68 bits per heavy atom. The van der Waals surface area contributed by atoms with Gasteiger partial charge in [-0.05, 0) is 42.9 Å². The zero-order chi connectivity index (χ0) is 17.2. The normalized spacial score (nSPS) is 18.8. The van der Waals surface area contributed by atoms with Crippen LogP contribution in [0.2, 0.25) is 0 Å². The number of rotatable bonds is 5. The molecule has 2 heterocycles. The maximum Gasteiger partial charge on any atom is 0.0804 e. The third kappa shape index (κ3) is 3.65. The topological polar surface area (TPSA) is 24.3 Å². The second-order valence-electron chi connectivity index (χ2n) is 7.94. The van der Waals surface area contributed by atoms with Gasteiger partial charge in [0.1, 0.15) is 0 Å². The van der Waals surface area contributed by atoms with Gasteiger partial charge in [0.2, 0.25) is 0 Å². The SMILES string of the molecule is CC(C)CN1CCN(Cc2nn(-c3ccccc3)c3c2CCC3)CC1. The molecule has 4 rings (SSSR count). The smallest absolute Gasteiger partial charge is 0.0804 e. The standard InChI is InChI=1S/C21H30N4/c1-17(2)15-23-11-13-24(14-12-23)16-20-19-9-6-10-21(19)25(22-20)18-7-4-3-5-8-18/h3-5,7-8,17H,6,9-16H2,1-2H3. The van der Waals surface area contributed by atoms with Crippen molar-refractivity contribution in [3.05, 3.63) is 47.3 Å². The van der Waals surface area contributed by atoms with E-state index in [0.717, 1.165) is 12.5 Å². The zero-order valence-electron chi connectivity index (χ0n) is 15.6. The molecule has 1 saturated heterocycles. The first-order valence-electron chi connectivity index (χ1n) is 9.80. The van der Waals surface area contributed by atoms with Crippen molar-refractivity contribution in [2.45, 2.75) is 39.7 Å². The van der Waals surface area contributed by atoms with E-state index >= 15 is 0 Å². The highest BCUT2D eigenvalue weighted by Gasteiger charge is 2.25. The van der Waals surface area contributed by atoms with E-state index < -0.39 is 0 Å². The molecule has 0 unspecified atom stereocenters. The highest BCUT2D eigenvalue weighted by Crippen LogP contribution is 2.28. The Kier molecular flexibility index (Phi) is 4.91. The minimum atomic E-state index is 0.761. The number of benzene rings is 1. The lowest BCUT2D eigenvalue weighted by atomic mass is 10.1. The second kappa shape index (κ2) is 7.30. The highest BCUT2D eigenvalue weighted by molar-refractivity contribution is 5.39. The Balaban J connectivity index is 1.47. The molecule has 2 aliphatic rings. The van der Waals surface area contributed by atoms with Crippen LogP contribution < -0.4 is 0 Å². The molecule has 1 aromatic carbocycles. The maximum absolute atomic E-state index is 5.02. The fourth-order valence-corrected chi connectivity index (χ4v) is 4.28. The molecule has 25 heavy (non-hydrogen) atoms. The van der Waals surface area contributed by atoms with Gasteiger partial charge in [-0.3, -0.25) is 4.90 Å². The van der Waals surface area contributed by atoms with Crippen LogP contribution in [0, 0.1) is 5.92 Å². The van der Waals surface area contributed by atoms with E-state index in [2.05, 4.69) is 58.7 Å². The Morgan fingerprint density at radius 3 is 2.40 bits per heavy atom. The molecular formula is C21H30N4. The number of nitrogens with zero attached hydrogens (tertiary/aromatic N) is 4. The summed E-state index contributed by atoms with van der Waals surface area (Å²) in [5.41, 5.74) is 5.48. The van der Waals surface area contributed by atoms with Gasteiger partial charge in [0.05, 0.1) is 11.4 Å². The molecule has 2 aromatic rings. The van der Waals surface area contributed by atoms with Crippen molar-refractivity contribution in [2.75, 3.05) is 32.7 Å². The lowest BCUT2D eigenvalue weighted by molar-refractivity contribution is 0.116. The van der Waals surface area contributed by atoms with E-state index in [-0.39, 0.29) is 0 Å². The van der Waals surface area contributed by atoms with Crippen LogP contribution in [0.1, 0.15) is 37.2 Å². The Bertz CT molecular complexity index is 696. The van der Waals surface area contributed by atoms with Crippen molar-refractivity contribution < 1.29 is 0 Å². The fourth-order valence-electron chi connectivity index (χ4n) is 4.28. The number of fused-ring (bicyclic) bond motifs is 1. The quantitative estimate of drug-likeness (QED) is 0.837. The van der Waals surface area contributed by atoms with Gasteiger partial charge in [-0.1, -0.05) is 32.0 Å². The highest BCUT2D eigenvalue weighted by atomic mass is 15.3. The molecule has 0 bridgehead atoms. The van der Waals surface area contributed by atoms with Gasteiger partial charge >= 0.3 is 0 Å². The van der Waals surface area contributed by atoms with Gasteiger partial charge in [-0.25, -0.2) is 4.68 Å². The van der Waals surface area contributed by atoms with E-state index in [1.807, 2.05) is 0 Å². The predicted octanol–water partition coefficient (Wildman–Crippen LogP) is 3.13. The van der Waals surface area contributed by atoms with Crippen molar-refractivity contribution in [1.82, 2.24) is 19.6 Å². The van der Waals surface area contributed by atoms with Gasteiger partial charge in [-0.15, -0.1) is 0 Å². The second-order valence-corrected chi connectivity index (χ2v) is 7.94. The number of para-hydroxylation sites is 1. The van der Waals surface area contributed by atoms with Gasteiger partial charge in [-0.2, -0.15) is 5.10 Å². The third-order valence-electron chi connectivity index (χ3n) is 5.48. The molecule has 0 atom stereocenters.